The number of carbonyl (C=O) groups is 1. The fraction of sp³-hybridized carbons (Fsp3) is 0.278. The van der Waals surface area contributed by atoms with E-state index in [1.807, 2.05) is 62.4 Å². The first kappa shape index (κ1) is 15.3. The van der Waals surface area contributed by atoms with Gasteiger partial charge >= 0.3 is 5.97 Å². The molecule has 1 unspecified atom stereocenters. The molecule has 0 amide bonds. The van der Waals surface area contributed by atoms with E-state index in [-0.39, 0.29) is 12.8 Å². The fourth-order valence-corrected chi connectivity index (χ4v) is 2.71. The third-order valence-electron chi connectivity index (χ3n) is 3.78. The lowest BCUT2D eigenvalue weighted by Crippen LogP contribution is -2.29. The highest BCUT2D eigenvalue weighted by Crippen LogP contribution is 2.36. The Hall–Kier alpha value is -2.13. The van der Waals surface area contributed by atoms with Crippen molar-refractivity contribution in [2.75, 3.05) is 0 Å². The van der Waals surface area contributed by atoms with Gasteiger partial charge in [0.2, 0.25) is 0 Å². The summed E-state index contributed by atoms with van der Waals surface area (Å²) in [5.74, 6) is -0.908. The maximum atomic E-state index is 11.2. The van der Waals surface area contributed by atoms with Crippen molar-refractivity contribution in [1.82, 2.24) is 0 Å². The Morgan fingerprint density at radius 3 is 2.33 bits per heavy atom. The highest BCUT2D eigenvalue weighted by atomic mass is 16.4. The molecule has 2 N–H and O–H groups in total. The summed E-state index contributed by atoms with van der Waals surface area (Å²) >= 11 is 0. The highest BCUT2D eigenvalue weighted by molar-refractivity contribution is 5.67. The third-order valence-corrected chi connectivity index (χ3v) is 3.78. The van der Waals surface area contributed by atoms with Gasteiger partial charge in [0.05, 0.1) is 0 Å². The van der Waals surface area contributed by atoms with Crippen molar-refractivity contribution < 1.29 is 15.0 Å². The van der Waals surface area contributed by atoms with Crippen LogP contribution in [0.1, 0.15) is 35.1 Å². The zero-order chi connectivity index (χ0) is 15.5. The molecule has 2 aromatic rings. The van der Waals surface area contributed by atoms with Crippen LogP contribution in [-0.4, -0.2) is 16.2 Å². The Bertz CT molecular complexity index is 634. The molecule has 0 aromatic heterocycles. The second kappa shape index (κ2) is 6.10. The van der Waals surface area contributed by atoms with E-state index in [9.17, 15) is 9.90 Å². The van der Waals surface area contributed by atoms with E-state index in [2.05, 4.69) is 0 Å². The SMILES string of the molecule is Cc1ccc(C(O)(CCC(=O)O)c2ccccc2)c(C)c1. The summed E-state index contributed by atoms with van der Waals surface area (Å²) in [7, 11) is 0. The lowest BCUT2D eigenvalue weighted by Gasteiger charge is -2.30. The monoisotopic (exact) mass is 284 g/mol. The zero-order valence-corrected chi connectivity index (χ0v) is 12.3. The molecule has 21 heavy (non-hydrogen) atoms. The van der Waals surface area contributed by atoms with Crippen LogP contribution < -0.4 is 0 Å². The number of hydrogen-bond acceptors (Lipinski definition) is 2. The molecule has 3 nitrogen and oxygen atoms in total. The minimum Gasteiger partial charge on any atom is -0.481 e. The molecule has 2 aromatic carbocycles. The van der Waals surface area contributed by atoms with Gasteiger partial charge in [0.1, 0.15) is 5.60 Å². The van der Waals surface area contributed by atoms with Gasteiger partial charge in [-0.15, -0.1) is 0 Å². The van der Waals surface area contributed by atoms with Crippen molar-refractivity contribution in [2.45, 2.75) is 32.3 Å². The predicted octanol–water partition coefficient (Wildman–Crippen LogP) is 3.40. The average Bonchev–Trinajstić information content (AvgIpc) is 2.45. The van der Waals surface area contributed by atoms with Crippen LogP contribution in [0, 0.1) is 13.8 Å². The van der Waals surface area contributed by atoms with E-state index in [0.29, 0.717) is 0 Å². The summed E-state index contributed by atoms with van der Waals surface area (Å²) in [5.41, 5.74) is 2.28. The van der Waals surface area contributed by atoms with Crippen molar-refractivity contribution in [3.05, 3.63) is 70.8 Å². The Kier molecular flexibility index (Phi) is 4.43. The molecule has 0 fully saturated rings. The Labute approximate surface area is 124 Å². The van der Waals surface area contributed by atoms with Crippen LogP contribution in [0.5, 0.6) is 0 Å². The number of carboxylic acid groups (broad SMARTS) is 1. The minimum absolute atomic E-state index is 0.0846. The summed E-state index contributed by atoms with van der Waals surface area (Å²) in [6.45, 7) is 3.94. The van der Waals surface area contributed by atoms with E-state index in [1.54, 1.807) is 0 Å². The van der Waals surface area contributed by atoms with Crippen molar-refractivity contribution >= 4 is 5.97 Å². The number of aliphatic carboxylic acids is 1. The molecular weight excluding hydrogens is 264 g/mol. The molecule has 0 bridgehead atoms. The van der Waals surface area contributed by atoms with Crippen LogP contribution in [-0.2, 0) is 10.4 Å². The summed E-state index contributed by atoms with van der Waals surface area (Å²) in [5, 5.41) is 20.2. The molecule has 0 saturated carbocycles. The van der Waals surface area contributed by atoms with Crippen LogP contribution in [0.25, 0.3) is 0 Å². The van der Waals surface area contributed by atoms with E-state index in [4.69, 9.17) is 5.11 Å². The molecule has 1 atom stereocenters. The Morgan fingerprint density at radius 2 is 1.76 bits per heavy atom. The fourth-order valence-electron chi connectivity index (χ4n) is 2.71. The van der Waals surface area contributed by atoms with E-state index < -0.39 is 11.6 Å². The second-order valence-corrected chi connectivity index (χ2v) is 5.44. The maximum absolute atomic E-state index is 11.2. The van der Waals surface area contributed by atoms with E-state index >= 15 is 0 Å². The van der Waals surface area contributed by atoms with Gasteiger partial charge in [-0.1, -0.05) is 54.1 Å². The van der Waals surface area contributed by atoms with Crippen LogP contribution >= 0.6 is 0 Å². The normalized spacial score (nSPS) is 13.7. The number of benzene rings is 2. The molecular formula is C18H20O3. The molecule has 3 heteroatoms. The number of aryl methyl sites for hydroxylation is 2. The van der Waals surface area contributed by atoms with Crippen molar-refractivity contribution in [3.8, 4) is 0 Å². The van der Waals surface area contributed by atoms with Gasteiger partial charge in [-0.25, -0.2) is 0 Å². The van der Waals surface area contributed by atoms with Gasteiger partial charge in [-0.2, -0.15) is 0 Å². The van der Waals surface area contributed by atoms with Crippen LogP contribution in [0.2, 0.25) is 0 Å². The van der Waals surface area contributed by atoms with Crippen LogP contribution in [0.3, 0.4) is 0 Å². The number of hydrogen-bond donors (Lipinski definition) is 2. The van der Waals surface area contributed by atoms with Gasteiger partial charge < -0.3 is 10.2 Å². The largest absolute Gasteiger partial charge is 0.481 e. The summed E-state index contributed by atoms with van der Waals surface area (Å²) < 4.78 is 0. The minimum atomic E-state index is -1.28. The molecule has 110 valence electrons. The molecule has 0 heterocycles. The average molecular weight is 284 g/mol. The third kappa shape index (κ3) is 3.31. The summed E-state index contributed by atoms with van der Waals surface area (Å²) in [6.07, 6.45) is 0.0644. The quantitative estimate of drug-likeness (QED) is 0.884. The topological polar surface area (TPSA) is 57.5 Å². The predicted molar refractivity (Wildman–Crippen MR) is 82.2 cm³/mol. The van der Waals surface area contributed by atoms with Crippen LogP contribution in [0.15, 0.2) is 48.5 Å². The van der Waals surface area contributed by atoms with Gasteiger partial charge in [0.25, 0.3) is 0 Å². The Morgan fingerprint density at radius 1 is 1.10 bits per heavy atom. The molecule has 0 radical (unpaired) electrons. The lowest BCUT2D eigenvalue weighted by molar-refractivity contribution is -0.138. The number of carboxylic acids is 1. The van der Waals surface area contributed by atoms with Crippen molar-refractivity contribution in [3.63, 3.8) is 0 Å². The lowest BCUT2D eigenvalue weighted by atomic mass is 9.80. The van der Waals surface area contributed by atoms with Crippen molar-refractivity contribution in [1.29, 1.82) is 0 Å². The summed E-state index contributed by atoms with van der Waals surface area (Å²) in [6, 6.07) is 15.1. The molecule has 0 aliphatic carbocycles. The molecule has 2 rings (SSSR count). The molecule has 0 saturated heterocycles. The second-order valence-electron chi connectivity index (χ2n) is 5.44. The first-order valence-electron chi connectivity index (χ1n) is 7.01. The van der Waals surface area contributed by atoms with Crippen molar-refractivity contribution in [2.24, 2.45) is 0 Å². The van der Waals surface area contributed by atoms with E-state index in [1.165, 1.54) is 0 Å². The Balaban J connectivity index is 2.52. The molecule has 0 aliphatic rings. The molecule has 0 spiro atoms. The first-order chi connectivity index (χ1) is 9.93. The van der Waals surface area contributed by atoms with E-state index in [0.717, 1.165) is 22.3 Å². The molecule has 0 aliphatic heterocycles. The number of aliphatic hydroxyl groups is 1. The first-order valence-corrected chi connectivity index (χ1v) is 7.01. The van der Waals surface area contributed by atoms with Gasteiger partial charge in [0, 0.05) is 6.42 Å². The summed E-state index contributed by atoms with van der Waals surface area (Å²) in [4.78, 5) is 10.9. The van der Waals surface area contributed by atoms with Gasteiger partial charge in [-0.05, 0) is 37.0 Å². The van der Waals surface area contributed by atoms with Gasteiger partial charge in [-0.3, -0.25) is 4.79 Å². The smallest absolute Gasteiger partial charge is 0.303 e. The maximum Gasteiger partial charge on any atom is 0.303 e. The van der Waals surface area contributed by atoms with Crippen LogP contribution in [0.4, 0.5) is 0 Å². The highest BCUT2D eigenvalue weighted by Gasteiger charge is 2.33. The standard InChI is InChI=1S/C18H20O3/c1-13-8-9-16(14(2)12-13)18(21,11-10-17(19)20)15-6-4-3-5-7-15/h3-9,12,21H,10-11H2,1-2H3,(H,19,20). The van der Waals surface area contributed by atoms with Gasteiger partial charge in [0.15, 0.2) is 0 Å². The number of rotatable bonds is 5. The zero-order valence-electron chi connectivity index (χ0n) is 12.3.